The maximum atomic E-state index is 13.8. The Morgan fingerprint density at radius 3 is 1.07 bits per heavy atom. The van der Waals surface area contributed by atoms with Gasteiger partial charge in [0.2, 0.25) is 0 Å². The normalized spacial score (nSPS) is 14.3. The number of likely N-dealkylation sites (tertiary alicyclic amines) is 1. The fourth-order valence-electron chi connectivity index (χ4n) is 16.6. The van der Waals surface area contributed by atoms with Crippen LogP contribution in [0.2, 0.25) is 0 Å². The Bertz CT molecular complexity index is 6880. The predicted octanol–water partition coefficient (Wildman–Crippen LogP) is 17.0. The summed E-state index contributed by atoms with van der Waals surface area (Å²) in [7, 11) is 6.38. The second-order valence-corrected chi connectivity index (χ2v) is 33.5. The highest BCUT2D eigenvalue weighted by Crippen LogP contribution is 2.39. The van der Waals surface area contributed by atoms with E-state index in [0.717, 1.165) is 177 Å². The standard InChI is InChI=1S/C28H31FN6O.C27H29FN6O.C26H26FN5O.C21H14F3N3O/c1-20-17-21(6-8-24(20)29)27-23(5-3-10-30-27)22-7-9-26-32-18-25(35(26)19-22)28(36)31-11-4-12-34-15-13-33(2)14-16-34;1-19-16-20(5-7-23(19)28)26-22(4-3-9-29-26)21-6-8-25-31-17-24(34(25)18-21)27(35)30-10-11-33-14-12-32(2)13-15-33;1-17-14-18(5-7-22(17)27)25-21(4-3-11-28-25)19-6-8-24-29-15-23(32(24)16-19)26(33)30-20-9-12-31(2)13-10-20;1-13(28)18-11-26-19-8-7-15(12-27(18)19)17-6-3-9-25-20(17)14-4-2-5-16(10-14)21(22,23)24/h3,5-10,17-19H,4,11-16H2,1-2H3,(H,31,36);3-9,16-18H,10-15H2,1-2H3,(H,30,35);3-8,11,14-16,20H,9-10,12-13H2,1-2H3,(H,30,33);2-12H,1H3. The van der Waals surface area contributed by atoms with Crippen LogP contribution in [0.15, 0.2) is 250 Å². The highest BCUT2D eigenvalue weighted by Gasteiger charge is 2.32. The second kappa shape index (κ2) is 40.8. The van der Waals surface area contributed by atoms with Crippen LogP contribution in [0.4, 0.5) is 26.3 Å². The molecule has 4 aromatic carbocycles. The lowest BCUT2D eigenvalue weighted by Crippen LogP contribution is -2.46. The van der Waals surface area contributed by atoms with Crippen LogP contribution in [0.1, 0.15) is 90.4 Å². The van der Waals surface area contributed by atoms with Crippen molar-refractivity contribution in [3.63, 3.8) is 0 Å². The van der Waals surface area contributed by atoms with E-state index in [-0.39, 0.29) is 47.0 Å². The molecule has 3 fully saturated rings. The summed E-state index contributed by atoms with van der Waals surface area (Å²) in [5.41, 5.74) is 18.0. The SMILES string of the molecule is CC(=O)c1cnc2ccc(-c3cccnc3-c3cccc(C(F)(F)F)c3)cn12.Cc1cc(-c2ncccc2-c2ccc3ncc(C(=O)NC4CCN(C)CC4)n3c2)ccc1F.Cc1cc(-c2ncccc2-c2ccc3ncc(C(=O)NCCCN4CCN(C)CC4)n3c2)ccc1F.Cc1cc(-c2ncccc2-c2ccc3ncc(C(=O)NCCN4CCN(C)CC4)n3c2)ccc1F. The second-order valence-electron chi connectivity index (χ2n) is 33.5. The van der Waals surface area contributed by atoms with Crippen molar-refractivity contribution in [2.75, 3.05) is 113 Å². The summed E-state index contributed by atoms with van der Waals surface area (Å²) < 4.78 is 87.9. The molecule has 0 saturated carbocycles. The first-order chi connectivity index (χ1) is 63.8. The third kappa shape index (κ3) is 21.2. The van der Waals surface area contributed by atoms with E-state index >= 15 is 0 Å². The Kier molecular flexibility index (Phi) is 28.1. The van der Waals surface area contributed by atoms with Gasteiger partial charge in [0.15, 0.2) is 5.78 Å². The van der Waals surface area contributed by atoms with Gasteiger partial charge in [-0.2, -0.15) is 13.2 Å². The number of aromatic nitrogens is 12. The molecule has 0 atom stereocenters. The van der Waals surface area contributed by atoms with Gasteiger partial charge in [-0.1, -0.05) is 36.4 Å². The number of aryl methyl sites for hydroxylation is 3. The van der Waals surface area contributed by atoms with Crippen molar-refractivity contribution in [3.8, 4) is 89.5 Å². The van der Waals surface area contributed by atoms with Crippen LogP contribution in [-0.4, -0.2) is 224 Å². The van der Waals surface area contributed by atoms with Gasteiger partial charge in [-0.15, -0.1) is 0 Å². The zero-order valence-electron chi connectivity index (χ0n) is 74.3. The van der Waals surface area contributed by atoms with E-state index in [1.54, 1.807) is 135 Å². The lowest BCUT2D eigenvalue weighted by molar-refractivity contribution is -0.137. The third-order valence-electron chi connectivity index (χ3n) is 24.2. The van der Waals surface area contributed by atoms with Crippen molar-refractivity contribution in [2.45, 2.75) is 59.2 Å². The number of pyridine rings is 8. The molecule has 674 valence electrons. The average Bonchev–Trinajstić information content (AvgIpc) is 1.58. The zero-order chi connectivity index (χ0) is 92.3. The first-order valence-corrected chi connectivity index (χ1v) is 43.9. The number of fused-ring (bicyclic) bond motifs is 4. The Morgan fingerprint density at radius 2 is 0.697 bits per heavy atom. The number of carbonyl (C=O) groups excluding carboxylic acids is 4. The van der Waals surface area contributed by atoms with E-state index in [4.69, 9.17) is 0 Å². The molecule has 16 aromatic rings. The number of imidazole rings is 4. The van der Waals surface area contributed by atoms with Crippen molar-refractivity contribution in [1.82, 2.24) is 97.9 Å². The van der Waals surface area contributed by atoms with Crippen molar-refractivity contribution in [3.05, 3.63) is 313 Å². The van der Waals surface area contributed by atoms with Gasteiger partial charge >= 0.3 is 6.18 Å². The fourth-order valence-corrected chi connectivity index (χ4v) is 16.6. The minimum Gasteiger partial charge on any atom is -0.351 e. The van der Waals surface area contributed by atoms with E-state index in [1.165, 1.54) is 43.6 Å². The number of nitrogens with one attached hydrogen (secondary N) is 3. The molecule has 0 bridgehead atoms. The minimum atomic E-state index is -4.43. The van der Waals surface area contributed by atoms with E-state index in [2.05, 4.69) is 101 Å². The molecule has 30 heteroatoms. The smallest absolute Gasteiger partial charge is 0.351 e. The number of Topliss-reactive ketones (excluding diaryl/α,β-unsaturated/α-hetero) is 1. The molecular weight excluding hydrogens is 1680 g/mol. The van der Waals surface area contributed by atoms with Gasteiger partial charge in [-0.05, 0) is 237 Å². The van der Waals surface area contributed by atoms with E-state index < -0.39 is 11.7 Å². The maximum Gasteiger partial charge on any atom is 0.416 e. The summed E-state index contributed by atoms with van der Waals surface area (Å²) >= 11 is 0. The lowest BCUT2D eigenvalue weighted by Gasteiger charge is -2.32. The number of alkyl halides is 3. The number of benzene rings is 4. The van der Waals surface area contributed by atoms with E-state index in [0.29, 0.717) is 97.5 Å². The molecular formula is C102H100F6N20O4. The maximum absolute atomic E-state index is 13.8. The molecule has 3 aliphatic heterocycles. The summed E-state index contributed by atoms with van der Waals surface area (Å²) in [5, 5.41) is 9.26. The van der Waals surface area contributed by atoms with Crippen molar-refractivity contribution < 1.29 is 45.5 Å². The Morgan fingerprint density at radius 1 is 0.364 bits per heavy atom. The molecule has 0 radical (unpaired) electrons. The molecule has 3 amide bonds. The first kappa shape index (κ1) is 91.0. The predicted molar refractivity (Wildman–Crippen MR) is 500 cm³/mol. The molecule has 132 heavy (non-hydrogen) atoms. The number of amides is 3. The molecule has 3 saturated heterocycles. The number of hydrogen-bond donors (Lipinski definition) is 3. The van der Waals surface area contributed by atoms with Crippen LogP contribution in [0, 0.1) is 38.2 Å². The van der Waals surface area contributed by atoms with Crippen LogP contribution >= 0.6 is 0 Å². The number of piperazine rings is 2. The number of ketones is 1. The summed E-state index contributed by atoms with van der Waals surface area (Å²) in [6, 6.07) is 50.5. The molecule has 24 nitrogen and oxygen atoms in total. The highest BCUT2D eigenvalue weighted by molar-refractivity contribution is 5.96. The Labute approximate surface area is 759 Å². The molecule has 0 spiro atoms. The zero-order valence-corrected chi connectivity index (χ0v) is 74.3. The van der Waals surface area contributed by atoms with Crippen molar-refractivity contribution >= 4 is 46.1 Å². The van der Waals surface area contributed by atoms with Crippen molar-refractivity contribution in [2.24, 2.45) is 0 Å². The quantitative estimate of drug-likeness (QED) is 0.0365. The first-order valence-electron chi connectivity index (χ1n) is 43.9. The summed E-state index contributed by atoms with van der Waals surface area (Å²) in [6.07, 6.45) is 18.9. The van der Waals surface area contributed by atoms with Crippen molar-refractivity contribution in [1.29, 1.82) is 0 Å². The van der Waals surface area contributed by atoms with E-state index in [9.17, 15) is 45.5 Å². The molecule has 0 aliphatic carbocycles. The highest BCUT2D eigenvalue weighted by atomic mass is 19.4. The molecule has 3 N–H and O–H groups in total. The lowest BCUT2D eigenvalue weighted by atomic mass is 9.99. The number of halogens is 6. The summed E-state index contributed by atoms with van der Waals surface area (Å²) in [4.78, 5) is 98.0. The van der Waals surface area contributed by atoms with Crippen LogP contribution in [0.3, 0.4) is 0 Å². The average molecular weight is 1780 g/mol. The van der Waals surface area contributed by atoms with Gasteiger partial charge in [-0.3, -0.25) is 61.6 Å². The summed E-state index contributed by atoms with van der Waals surface area (Å²) in [5.74, 6) is -1.26. The number of nitrogens with zero attached hydrogens (tertiary/aromatic N) is 17. The number of carbonyl (C=O) groups is 4. The number of hydrogen-bond acceptors (Lipinski definition) is 17. The minimum absolute atomic E-state index is 0.116. The topological polar surface area (TPSA) is 241 Å². The van der Waals surface area contributed by atoms with Gasteiger partial charge in [-0.25, -0.2) is 33.1 Å². The molecule has 12 aromatic heterocycles. The number of rotatable bonds is 20. The molecule has 15 heterocycles. The van der Waals surface area contributed by atoms with Gasteiger partial charge in [0, 0.05) is 201 Å². The van der Waals surface area contributed by atoms with Gasteiger partial charge < -0.3 is 35.6 Å². The van der Waals surface area contributed by atoms with Gasteiger partial charge in [0.05, 0.1) is 53.1 Å². The third-order valence-corrected chi connectivity index (χ3v) is 24.2. The Balaban J connectivity index is 0.000000129. The fraction of sp³-hybridized carbons (Fsp3) is 0.255. The van der Waals surface area contributed by atoms with Gasteiger partial charge in [0.25, 0.3) is 17.7 Å². The van der Waals surface area contributed by atoms with Gasteiger partial charge in [0.1, 0.15) is 62.8 Å². The Hall–Kier alpha value is -14.3. The van der Waals surface area contributed by atoms with Crippen LogP contribution in [0.5, 0.6) is 0 Å². The number of piperidine rings is 1. The van der Waals surface area contributed by atoms with Crippen LogP contribution < -0.4 is 16.0 Å². The molecule has 0 unspecified atom stereocenters. The van der Waals surface area contributed by atoms with E-state index in [1.807, 2.05) is 105 Å². The van der Waals surface area contributed by atoms with Crippen LogP contribution in [-0.2, 0) is 6.18 Å². The molecule has 3 aliphatic rings. The van der Waals surface area contributed by atoms with Crippen LogP contribution in [0.25, 0.3) is 112 Å². The number of likely N-dealkylation sites (N-methyl/N-ethyl adjacent to an activating group) is 2. The monoisotopic (exact) mass is 1780 g/mol. The molecule has 19 rings (SSSR count). The summed E-state index contributed by atoms with van der Waals surface area (Å²) in [6.45, 7) is 20.2. The largest absolute Gasteiger partial charge is 0.416 e.